The summed E-state index contributed by atoms with van der Waals surface area (Å²) in [7, 11) is 4.01. The van der Waals surface area contributed by atoms with Crippen molar-refractivity contribution < 1.29 is 9.47 Å². The molecule has 0 aliphatic carbocycles. The molecule has 1 fully saturated rings. The molecule has 2 aliphatic rings. The Balaban J connectivity index is 1.59. The predicted molar refractivity (Wildman–Crippen MR) is 118 cm³/mol. The minimum absolute atomic E-state index is 0.348. The van der Waals surface area contributed by atoms with E-state index in [4.69, 9.17) is 9.47 Å². The lowest BCUT2D eigenvalue weighted by Gasteiger charge is -2.36. The zero-order chi connectivity index (χ0) is 19.8. The molecule has 3 aromatic carbocycles. The molecule has 0 bridgehead atoms. The van der Waals surface area contributed by atoms with E-state index >= 15 is 0 Å². The maximum atomic E-state index is 5.99. The molecule has 2 heterocycles. The van der Waals surface area contributed by atoms with Crippen LogP contribution in [0.15, 0.2) is 54.6 Å². The van der Waals surface area contributed by atoms with E-state index in [-0.39, 0.29) is 0 Å². The number of morpholine rings is 1. The number of rotatable bonds is 3. The van der Waals surface area contributed by atoms with E-state index in [9.17, 15) is 0 Å². The molecule has 1 atom stereocenters. The summed E-state index contributed by atoms with van der Waals surface area (Å²) < 4.78 is 11.5. The van der Waals surface area contributed by atoms with E-state index in [1.54, 1.807) is 7.11 Å². The molecular formula is C25H28N2O2. The lowest BCUT2D eigenvalue weighted by atomic mass is 9.83. The quantitative estimate of drug-likeness (QED) is 0.669. The first-order valence-electron chi connectivity index (χ1n) is 10.4. The van der Waals surface area contributed by atoms with Gasteiger partial charge in [-0.2, -0.15) is 0 Å². The van der Waals surface area contributed by atoms with Gasteiger partial charge in [-0.25, -0.2) is 0 Å². The third-order valence-electron chi connectivity index (χ3n) is 6.31. The first-order valence-corrected chi connectivity index (χ1v) is 10.4. The van der Waals surface area contributed by atoms with Crippen molar-refractivity contribution in [1.29, 1.82) is 0 Å². The van der Waals surface area contributed by atoms with Crippen molar-refractivity contribution >= 4 is 16.5 Å². The molecular weight excluding hydrogens is 360 g/mol. The van der Waals surface area contributed by atoms with Crippen LogP contribution in [0.25, 0.3) is 10.8 Å². The number of hydrogen-bond donors (Lipinski definition) is 0. The largest absolute Gasteiger partial charge is 0.494 e. The Morgan fingerprint density at radius 1 is 0.966 bits per heavy atom. The smallest absolute Gasteiger partial charge is 0.146 e. The zero-order valence-electron chi connectivity index (χ0n) is 17.2. The molecule has 4 heteroatoms. The molecule has 1 unspecified atom stereocenters. The van der Waals surface area contributed by atoms with Crippen molar-refractivity contribution in [3.05, 3.63) is 71.3 Å². The Kier molecular flexibility index (Phi) is 4.90. The van der Waals surface area contributed by atoms with E-state index in [0.717, 1.165) is 45.1 Å². The SMILES string of the molecule is COc1c(N2CCOCC2)ccc2c1CN(C)CC2c1ccc2ccccc2c1. The number of benzene rings is 3. The summed E-state index contributed by atoms with van der Waals surface area (Å²) >= 11 is 0. The molecule has 5 rings (SSSR count). The fourth-order valence-electron chi connectivity index (χ4n) is 4.86. The van der Waals surface area contributed by atoms with Crippen LogP contribution in [0.4, 0.5) is 5.69 Å². The van der Waals surface area contributed by atoms with Crippen LogP contribution in [0.1, 0.15) is 22.6 Å². The van der Waals surface area contributed by atoms with Crippen LogP contribution in [0, 0.1) is 0 Å². The maximum Gasteiger partial charge on any atom is 0.146 e. The number of ether oxygens (including phenoxy) is 2. The number of likely N-dealkylation sites (N-methyl/N-ethyl adjacent to an activating group) is 1. The third kappa shape index (κ3) is 3.37. The van der Waals surface area contributed by atoms with Crippen molar-refractivity contribution in [3.63, 3.8) is 0 Å². The second-order valence-electron chi connectivity index (χ2n) is 8.14. The third-order valence-corrected chi connectivity index (χ3v) is 6.31. The highest BCUT2D eigenvalue weighted by atomic mass is 16.5. The van der Waals surface area contributed by atoms with E-state index in [0.29, 0.717) is 5.92 Å². The van der Waals surface area contributed by atoms with Gasteiger partial charge >= 0.3 is 0 Å². The average Bonchev–Trinajstić information content (AvgIpc) is 2.78. The fourth-order valence-corrected chi connectivity index (χ4v) is 4.86. The summed E-state index contributed by atoms with van der Waals surface area (Å²) in [6.45, 7) is 5.32. The molecule has 0 saturated carbocycles. The number of fused-ring (bicyclic) bond motifs is 2. The molecule has 1 saturated heterocycles. The highest BCUT2D eigenvalue weighted by Gasteiger charge is 2.30. The molecule has 3 aromatic rings. The van der Waals surface area contributed by atoms with Crippen LogP contribution < -0.4 is 9.64 Å². The van der Waals surface area contributed by atoms with Crippen LogP contribution in [0.5, 0.6) is 5.75 Å². The van der Waals surface area contributed by atoms with Crippen molar-refractivity contribution in [3.8, 4) is 5.75 Å². The number of nitrogens with zero attached hydrogens (tertiary/aromatic N) is 2. The van der Waals surface area contributed by atoms with Crippen LogP contribution in [-0.2, 0) is 11.3 Å². The standard InChI is InChI=1S/C25H28N2O2/c1-26-16-22(20-8-7-18-5-3-4-6-19(18)15-20)21-9-10-24(25(28-2)23(21)17-26)27-11-13-29-14-12-27/h3-10,15,22H,11-14,16-17H2,1-2H3. The van der Waals surface area contributed by atoms with Gasteiger partial charge in [-0.3, -0.25) is 0 Å². The average molecular weight is 389 g/mol. The van der Waals surface area contributed by atoms with E-state index in [2.05, 4.69) is 71.4 Å². The molecule has 0 radical (unpaired) electrons. The summed E-state index contributed by atoms with van der Waals surface area (Å²) in [6, 6.07) is 20.1. The van der Waals surface area contributed by atoms with Gasteiger partial charge < -0.3 is 19.3 Å². The topological polar surface area (TPSA) is 24.9 Å². The first kappa shape index (κ1) is 18.5. The van der Waals surface area contributed by atoms with Crippen LogP contribution in [0.3, 0.4) is 0 Å². The fraction of sp³-hybridized carbons (Fsp3) is 0.360. The van der Waals surface area contributed by atoms with Crippen LogP contribution in [0.2, 0.25) is 0 Å². The van der Waals surface area contributed by atoms with Crippen molar-refractivity contribution in [2.24, 2.45) is 0 Å². The first-order chi connectivity index (χ1) is 14.2. The normalized spacial score (nSPS) is 19.9. The van der Waals surface area contributed by atoms with Gasteiger partial charge in [-0.15, -0.1) is 0 Å². The number of anilines is 1. The second kappa shape index (κ2) is 7.69. The van der Waals surface area contributed by atoms with E-state index < -0.39 is 0 Å². The lowest BCUT2D eigenvalue weighted by Crippen LogP contribution is -2.37. The summed E-state index contributed by atoms with van der Waals surface area (Å²) in [6.07, 6.45) is 0. The maximum absolute atomic E-state index is 5.99. The molecule has 0 aromatic heterocycles. The monoisotopic (exact) mass is 388 g/mol. The lowest BCUT2D eigenvalue weighted by molar-refractivity contribution is 0.122. The molecule has 29 heavy (non-hydrogen) atoms. The Morgan fingerprint density at radius 3 is 2.55 bits per heavy atom. The number of methoxy groups -OCH3 is 1. The Morgan fingerprint density at radius 2 is 1.76 bits per heavy atom. The van der Waals surface area contributed by atoms with Gasteiger partial charge in [0.2, 0.25) is 0 Å². The minimum atomic E-state index is 0.348. The molecule has 0 spiro atoms. The summed E-state index contributed by atoms with van der Waals surface area (Å²) in [4.78, 5) is 4.80. The van der Waals surface area contributed by atoms with E-state index in [1.165, 1.54) is 33.2 Å². The highest BCUT2D eigenvalue weighted by Crippen LogP contribution is 2.43. The van der Waals surface area contributed by atoms with Crippen molar-refractivity contribution in [1.82, 2.24) is 4.90 Å². The highest BCUT2D eigenvalue weighted by molar-refractivity contribution is 5.83. The van der Waals surface area contributed by atoms with Crippen molar-refractivity contribution in [2.75, 3.05) is 51.9 Å². The van der Waals surface area contributed by atoms with Crippen molar-refractivity contribution in [2.45, 2.75) is 12.5 Å². The van der Waals surface area contributed by atoms with Gasteiger partial charge in [0, 0.05) is 37.7 Å². The van der Waals surface area contributed by atoms with Crippen LogP contribution >= 0.6 is 0 Å². The molecule has 0 N–H and O–H groups in total. The van der Waals surface area contributed by atoms with Gasteiger partial charge in [-0.05, 0) is 35.0 Å². The summed E-state index contributed by atoms with van der Waals surface area (Å²) in [5.74, 6) is 1.38. The molecule has 4 nitrogen and oxygen atoms in total. The van der Waals surface area contributed by atoms with Gasteiger partial charge in [-0.1, -0.05) is 48.5 Å². The zero-order valence-corrected chi connectivity index (χ0v) is 17.2. The van der Waals surface area contributed by atoms with Crippen LogP contribution in [-0.4, -0.2) is 51.9 Å². The molecule has 2 aliphatic heterocycles. The molecule has 0 amide bonds. The van der Waals surface area contributed by atoms with Gasteiger partial charge in [0.05, 0.1) is 26.0 Å². The minimum Gasteiger partial charge on any atom is -0.494 e. The van der Waals surface area contributed by atoms with Gasteiger partial charge in [0.1, 0.15) is 5.75 Å². The number of hydrogen-bond acceptors (Lipinski definition) is 4. The van der Waals surface area contributed by atoms with E-state index in [1.807, 2.05) is 0 Å². The second-order valence-corrected chi connectivity index (χ2v) is 8.14. The predicted octanol–water partition coefficient (Wildman–Crippen LogP) is 4.26. The van der Waals surface area contributed by atoms with Gasteiger partial charge in [0.15, 0.2) is 0 Å². The summed E-state index contributed by atoms with van der Waals surface area (Å²) in [5.41, 5.74) is 5.29. The Labute approximate surface area is 172 Å². The van der Waals surface area contributed by atoms with Gasteiger partial charge in [0.25, 0.3) is 0 Å². The molecule has 150 valence electrons. The summed E-state index contributed by atoms with van der Waals surface area (Å²) in [5, 5.41) is 2.59. The Bertz CT molecular complexity index is 1030. The Hall–Kier alpha value is -2.56.